The number of ether oxygens (including phenoxy) is 3. The summed E-state index contributed by atoms with van der Waals surface area (Å²) in [5, 5.41) is 5.08. The zero-order valence-electron chi connectivity index (χ0n) is 15.3. The number of benzene rings is 1. The molecule has 1 aromatic carbocycles. The van der Waals surface area contributed by atoms with E-state index in [0.29, 0.717) is 55.9 Å². The van der Waals surface area contributed by atoms with Crippen LogP contribution in [0.25, 0.3) is 0 Å². The maximum Gasteiger partial charge on any atom is 0.287 e. The van der Waals surface area contributed by atoms with Gasteiger partial charge < -0.3 is 19.1 Å². The summed E-state index contributed by atoms with van der Waals surface area (Å²) in [6.45, 7) is 3.26. The maximum absolute atomic E-state index is 12.6. The first kappa shape index (κ1) is 19.5. The molecule has 2 fully saturated rings. The molecule has 0 radical (unpaired) electrons. The molecule has 1 spiro atoms. The quantitative estimate of drug-likeness (QED) is 0.733. The SMILES string of the molecule is O=c1c(Cl)c(N2CCC3(CC2)OCCO3)cnn1CCOc1ccc(Cl)cc1. The lowest BCUT2D eigenvalue weighted by Crippen LogP contribution is -2.45. The van der Waals surface area contributed by atoms with Crippen molar-refractivity contribution in [3.8, 4) is 5.75 Å². The fraction of sp³-hybridized carbons (Fsp3) is 0.474. The second-order valence-electron chi connectivity index (χ2n) is 6.77. The minimum atomic E-state index is -0.468. The Kier molecular flexibility index (Phi) is 5.78. The third-order valence-electron chi connectivity index (χ3n) is 5.03. The predicted octanol–water partition coefficient (Wildman–Crippen LogP) is 2.97. The van der Waals surface area contributed by atoms with E-state index in [2.05, 4.69) is 10.00 Å². The molecule has 0 aliphatic carbocycles. The van der Waals surface area contributed by atoms with Gasteiger partial charge in [0.25, 0.3) is 5.56 Å². The van der Waals surface area contributed by atoms with Crippen LogP contribution in [0.5, 0.6) is 5.75 Å². The standard InChI is InChI=1S/C19H21Cl2N3O4/c20-14-1-3-15(4-2-14)26-10-9-24-18(25)17(21)16(13-22-24)23-7-5-19(6-8-23)27-11-12-28-19/h1-4,13H,5-12H2. The van der Waals surface area contributed by atoms with Gasteiger partial charge >= 0.3 is 0 Å². The summed E-state index contributed by atoms with van der Waals surface area (Å²) < 4.78 is 18.4. The van der Waals surface area contributed by atoms with Crippen molar-refractivity contribution in [2.75, 3.05) is 37.8 Å². The molecule has 2 saturated heterocycles. The Bertz CT molecular complexity index is 872. The van der Waals surface area contributed by atoms with E-state index in [9.17, 15) is 4.79 Å². The Morgan fingerprint density at radius 1 is 1.11 bits per heavy atom. The molecule has 0 atom stereocenters. The first-order valence-corrected chi connectivity index (χ1v) is 9.99. The second kappa shape index (κ2) is 8.29. The van der Waals surface area contributed by atoms with Crippen molar-refractivity contribution in [1.29, 1.82) is 0 Å². The van der Waals surface area contributed by atoms with E-state index in [4.69, 9.17) is 37.4 Å². The molecule has 1 aromatic heterocycles. The zero-order chi connectivity index (χ0) is 19.6. The van der Waals surface area contributed by atoms with Crippen molar-refractivity contribution in [2.45, 2.75) is 25.2 Å². The lowest BCUT2D eigenvalue weighted by atomic mass is 10.0. The normalized spacial score (nSPS) is 18.6. The summed E-state index contributed by atoms with van der Waals surface area (Å²) in [5.41, 5.74) is 0.321. The molecule has 0 bridgehead atoms. The summed E-state index contributed by atoms with van der Waals surface area (Å²) in [5.74, 6) is 0.212. The molecular weight excluding hydrogens is 405 g/mol. The molecule has 4 rings (SSSR count). The minimum absolute atomic E-state index is 0.172. The molecule has 2 aliphatic heterocycles. The lowest BCUT2D eigenvalue weighted by Gasteiger charge is -2.38. The Labute approximate surface area is 172 Å². The molecular formula is C19H21Cl2N3O4. The van der Waals surface area contributed by atoms with Gasteiger partial charge in [-0.25, -0.2) is 4.68 Å². The van der Waals surface area contributed by atoms with Crippen molar-refractivity contribution < 1.29 is 14.2 Å². The zero-order valence-corrected chi connectivity index (χ0v) is 16.8. The topological polar surface area (TPSA) is 65.8 Å². The molecule has 3 heterocycles. The third kappa shape index (κ3) is 4.12. The number of hydrogen-bond donors (Lipinski definition) is 0. The van der Waals surface area contributed by atoms with Gasteiger partial charge in [0, 0.05) is 31.0 Å². The molecule has 28 heavy (non-hydrogen) atoms. The van der Waals surface area contributed by atoms with Crippen LogP contribution in [0.1, 0.15) is 12.8 Å². The Morgan fingerprint density at radius 2 is 1.79 bits per heavy atom. The van der Waals surface area contributed by atoms with Gasteiger partial charge in [0.1, 0.15) is 17.4 Å². The molecule has 0 amide bonds. The number of aromatic nitrogens is 2. The van der Waals surface area contributed by atoms with Crippen LogP contribution in [0.2, 0.25) is 10.0 Å². The van der Waals surface area contributed by atoms with Gasteiger partial charge in [0.2, 0.25) is 0 Å². The van der Waals surface area contributed by atoms with Crippen LogP contribution in [-0.4, -0.2) is 48.5 Å². The number of rotatable bonds is 5. The highest BCUT2D eigenvalue weighted by atomic mass is 35.5. The van der Waals surface area contributed by atoms with Crippen molar-refractivity contribution in [1.82, 2.24) is 9.78 Å². The Balaban J connectivity index is 1.38. The third-order valence-corrected chi connectivity index (χ3v) is 5.64. The first-order chi connectivity index (χ1) is 13.6. The van der Waals surface area contributed by atoms with Crippen molar-refractivity contribution >= 4 is 28.9 Å². The van der Waals surface area contributed by atoms with Gasteiger partial charge in [-0.3, -0.25) is 4.79 Å². The van der Waals surface area contributed by atoms with Crippen molar-refractivity contribution in [3.63, 3.8) is 0 Å². The number of piperidine rings is 1. The highest BCUT2D eigenvalue weighted by Gasteiger charge is 2.40. The predicted molar refractivity (Wildman–Crippen MR) is 107 cm³/mol. The van der Waals surface area contributed by atoms with Crippen LogP contribution in [0.4, 0.5) is 5.69 Å². The number of anilines is 1. The molecule has 0 unspecified atom stereocenters. The Hall–Kier alpha value is -1.80. The van der Waals surface area contributed by atoms with E-state index in [-0.39, 0.29) is 10.6 Å². The van der Waals surface area contributed by atoms with E-state index in [1.807, 2.05) is 0 Å². The number of nitrogens with zero attached hydrogens (tertiary/aromatic N) is 3. The lowest BCUT2D eigenvalue weighted by molar-refractivity contribution is -0.169. The van der Waals surface area contributed by atoms with Gasteiger partial charge in [-0.1, -0.05) is 23.2 Å². The number of hydrogen-bond acceptors (Lipinski definition) is 6. The van der Waals surface area contributed by atoms with E-state index in [1.54, 1.807) is 30.5 Å². The van der Waals surface area contributed by atoms with E-state index >= 15 is 0 Å². The fourth-order valence-corrected chi connectivity index (χ4v) is 3.88. The molecule has 2 aromatic rings. The maximum atomic E-state index is 12.6. The van der Waals surface area contributed by atoms with Gasteiger partial charge in [0.15, 0.2) is 5.79 Å². The van der Waals surface area contributed by atoms with Crippen molar-refractivity contribution in [3.05, 3.63) is 50.9 Å². The first-order valence-electron chi connectivity index (χ1n) is 9.23. The molecule has 150 valence electrons. The monoisotopic (exact) mass is 425 g/mol. The van der Waals surface area contributed by atoms with E-state index < -0.39 is 5.79 Å². The van der Waals surface area contributed by atoms with Crippen molar-refractivity contribution in [2.24, 2.45) is 0 Å². The summed E-state index contributed by atoms with van der Waals surface area (Å²) in [4.78, 5) is 14.6. The van der Waals surface area contributed by atoms with E-state index in [0.717, 1.165) is 12.8 Å². The van der Waals surface area contributed by atoms with Crippen LogP contribution >= 0.6 is 23.2 Å². The smallest absolute Gasteiger partial charge is 0.287 e. The van der Waals surface area contributed by atoms with Gasteiger partial charge in [0.05, 0.1) is 31.6 Å². The van der Waals surface area contributed by atoms with Gasteiger partial charge in [-0.05, 0) is 24.3 Å². The van der Waals surface area contributed by atoms with Crippen LogP contribution in [0.15, 0.2) is 35.3 Å². The summed E-state index contributed by atoms with van der Waals surface area (Å²) in [6, 6.07) is 7.04. The molecule has 0 saturated carbocycles. The van der Waals surface area contributed by atoms with Crippen LogP contribution in [0.3, 0.4) is 0 Å². The Morgan fingerprint density at radius 3 is 2.46 bits per heavy atom. The second-order valence-corrected chi connectivity index (χ2v) is 7.58. The summed E-state index contributed by atoms with van der Waals surface area (Å²) in [6.07, 6.45) is 3.11. The van der Waals surface area contributed by atoms with Crippen LogP contribution in [-0.2, 0) is 16.0 Å². The number of halogens is 2. The summed E-state index contributed by atoms with van der Waals surface area (Å²) in [7, 11) is 0. The van der Waals surface area contributed by atoms with Crippen LogP contribution in [0, 0.1) is 0 Å². The molecule has 9 heteroatoms. The van der Waals surface area contributed by atoms with Crippen LogP contribution < -0.4 is 15.2 Å². The minimum Gasteiger partial charge on any atom is -0.492 e. The fourth-order valence-electron chi connectivity index (χ4n) is 3.49. The molecule has 7 nitrogen and oxygen atoms in total. The highest BCUT2D eigenvalue weighted by molar-refractivity contribution is 6.33. The van der Waals surface area contributed by atoms with Gasteiger partial charge in [-0.15, -0.1) is 0 Å². The average molecular weight is 426 g/mol. The molecule has 0 N–H and O–H groups in total. The van der Waals surface area contributed by atoms with Gasteiger partial charge in [-0.2, -0.15) is 5.10 Å². The average Bonchev–Trinajstić information content (AvgIpc) is 3.16. The van der Waals surface area contributed by atoms with E-state index in [1.165, 1.54) is 4.68 Å². The molecule has 2 aliphatic rings. The summed E-state index contributed by atoms with van der Waals surface area (Å²) >= 11 is 12.2. The largest absolute Gasteiger partial charge is 0.492 e. The highest BCUT2D eigenvalue weighted by Crippen LogP contribution is 2.34.